The molecule has 2 heterocycles. The van der Waals surface area contributed by atoms with E-state index in [1.165, 1.54) is 24.3 Å². The fraction of sp³-hybridized carbons (Fsp3) is 0.300. The van der Waals surface area contributed by atoms with Gasteiger partial charge in [-0.25, -0.2) is 0 Å². The van der Waals surface area contributed by atoms with Crippen molar-refractivity contribution in [1.82, 2.24) is 15.1 Å². The maximum atomic E-state index is 13.2. The number of hydrogen-bond acceptors (Lipinski definition) is 4. The average Bonchev–Trinajstić information content (AvgIpc) is 3.22. The lowest BCUT2D eigenvalue weighted by molar-refractivity contribution is -0.138. The van der Waals surface area contributed by atoms with Crippen molar-refractivity contribution in [2.75, 3.05) is 6.54 Å². The van der Waals surface area contributed by atoms with Gasteiger partial charge in [0.25, 0.3) is 5.91 Å². The molecule has 3 rings (SSSR count). The molecule has 0 fully saturated rings. The number of carbonyl (C=O) groups is 1. The van der Waals surface area contributed by atoms with Crippen LogP contribution in [0.15, 0.2) is 40.9 Å². The van der Waals surface area contributed by atoms with Crippen LogP contribution in [0.3, 0.4) is 0 Å². The van der Waals surface area contributed by atoms with Gasteiger partial charge in [0.05, 0.1) is 23.0 Å². The van der Waals surface area contributed by atoms with Crippen molar-refractivity contribution in [3.63, 3.8) is 0 Å². The van der Waals surface area contributed by atoms with Gasteiger partial charge in [-0.1, -0.05) is 18.2 Å². The third-order valence-corrected chi connectivity index (χ3v) is 4.98. The molecule has 3 aromatic rings. The second-order valence-electron chi connectivity index (χ2n) is 6.86. The highest BCUT2D eigenvalue weighted by molar-refractivity contribution is 6.31. The van der Waals surface area contributed by atoms with Crippen molar-refractivity contribution in [1.29, 1.82) is 0 Å². The molecule has 0 unspecified atom stereocenters. The van der Waals surface area contributed by atoms with E-state index in [4.69, 9.17) is 21.8 Å². The van der Waals surface area contributed by atoms with E-state index in [0.717, 1.165) is 11.6 Å². The predicted octanol–water partition coefficient (Wildman–Crippen LogP) is 3.96. The molecule has 2 aromatic heterocycles. The van der Waals surface area contributed by atoms with Crippen LogP contribution in [-0.2, 0) is 19.6 Å². The van der Waals surface area contributed by atoms with Crippen LogP contribution in [0.5, 0.6) is 0 Å². The van der Waals surface area contributed by atoms with E-state index in [1.54, 1.807) is 17.9 Å². The Labute approximate surface area is 175 Å². The lowest BCUT2D eigenvalue weighted by Gasteiger charge is -2.19. The molecule has 6 nitrogen and oxygen atoms in total. The molecular weight excluding hydrogens is 421 g/mol. The van der Waals surface area contributed by atoms with E-state index in [-0.39, 0.29) is 29.5 Å². The van der Waals surface area contributed by atoms with Crippen molar-refractivity contribution < 1.29 is 22.4 Å². The Kier molecular flexibility index (Phi) is 6.23. The number of nitrogens with one attached hydrogen (secondary N) is 1. The van der Waals surface area contributed by atoms with Gasteiger partial charge in [-0.15, -0.1) is 0 Å². The number of amides is 1. The minimum atomic E-state index is -4.50. The van der Waals surface area contributed by atoms with Crippen LogP contribution in [0.2, 0.25) is 5.22 Å². The first kappa shape index (κ1) is 21.9. The van der Waals surface area contributed by atoms with Gasteiger partial charge in [-0.05, 0) is 42.1 Å². The van der Waals surface area contributed by atoms with Gasteiger partial charge in [0, 0.05) is 25.7 Å². The van der Waals surface area contributed by atoms with Crippen LogP contribution < -0.4 is 11.1 Å². The van der Waals surface area contributed by atoms with Gasteiger partial charge in [0.15, 0.2) is 5.76 Å². The molecule has 30 heavy (non-hydrogen) atoms. The molecule has 3 N–H and O–H groups in total. The quantitative estimate of drug-likeness (QED) is 0.607. The van der Waals surface area contributed by atoms with Crippen molar-refractivity contribution >= 4 is 17.5 Å². The zero-order valence-electron chi connectivity index (χ0n) is 16.3. The van der Waals surface area contributed by atoms with Crippen LogP contribution in [0.1, 0.15) is 27.2 Å². The molecule has 0 radical (unpaired) electrons. The van der Waals surface area contributed by atoms with Gasteiger partial charge in [0.1, 0.15) is 0 Å². The number of nitrogens with two attached hydrogens (primary N) is 1. The predicted molar refractivity (Wildman–Crippen MR) is 106 cm³/mol. The largest absolute Gasteiger partial charge is 0.439 e. The molecule has 0 aliphatic carbocycles. The minimum Gasteiger partial charge on any atom is -0.439 e. The Morgan fingerprint density at radius 2 is 2.07 bits per heavy atom. The number of carbonyl (C=O) groups excluding carboxylic acids is 1. The molecule has 0 saturated carbocycles. The van der Waals surface area contributed by atoms with Crippen LogP contribution in [0, 0.1) is 6.92 Å². The van der Waals surface area contributed by atoms with Crippen molar-refractivity contribution in [2.45, 2.75) is 25.6 Å². The summed E-state index contributed by atoms with van der Waals surface area (Å²) in [5.74, 6) is -0.693. The molecule has 1 aromatic carbocycles. The van der Waals surface area contributed by atoms with Gasteiger partial charge in [-0.3, -0.25) is 9.48 Å². The Hall–Kier alpha value is -2.78. The number of aryl methyl sites for hydroxylation is 2. The third kappa shape index (κ3) is 4.52. The van der Waals surface area contributed by atoms with Gasteiger partial charge >= 0.3 is 6.18 Å². The molecule has 160 valence electrons. The van der Waals surface area contributed by atoms with E-state index >= 15 is 0 Å². The molecule has 0 aliphatic heterocycles. The van der Waals surface area contributed by atoms with Crippen molar-refractivity contribution in [3.8, 4) is 11.3 Å². The number of furan rings is 1. The summed E-state index contributed by atoms with van der Waals surface area (Å²) in [6, 6.07) is 5.93. The maximum Gasteiger partial charge on any atom is 0.416 e. The smallest absolute Gasteiger partial charge is 0.416 e. The van der Waals surface area contributed by atoms with E-state index in [0.29, 0.717) is 11.3 Å². The molecule has 1 atom stereocenters. The number of nitrogens with zero attached hydrogens (tertiary/aromatic N) is 2. The first-order chi connectivity index (χ1) is 14.1. The fourth-order valence-electron chi connectivity index (χ4n) is 3.27. The second-order valence-corrected chi connectivity index (χ2v) is 7.21. The lowest BCUT2D eigenvalue weighted by atomic mass is 9.99. The van der Waals surface area contributed by atoms with E-state index in [9.17, 15) is 18.0 Å². The summed E-state index contributed by atoms with van der Waals surface area (Å²) in [7, 11) is 1.73. The Morgan fingerprint density at radius 1 is 1.37 bits per heavy atom. The normalized spacial score (nSPS) is 12.8. The van der Waals surface area contributed by atoms with E-state index in [2.05, 4.69) is 10.4 Å². The van der Waals surface area contributed by atoms with Gasteiger partial charge in [0.2, 0.25) is 5.22 Å². The summed E-state index contributed by atoms with van der Waals surface area (Å²) < 4.78 is 46.6. The summed E-state index contributed by atoms with van der Waals surface area (Å²) >= 11 is 6.16. The monoisotopic (exact) mass is 440 g/mol. The minimum absolute atomic E-state index is 0.0126. The zero-order valence-corrected chi connectivity index (χ0v) is 17.0. The van der Waals surface area contributed by atoms with E-state index in [1.807, 2.05) is 6.92 Å². The number of aromatic nitrogens is 2. The zero-order chi connectivity index (χ0) is 22.1. The van der Waals surface area contributed by atoms with Gasteiger partial charge < -0.3 is 15.5 Å². The van der Waals surface area contributed by atoms with Crippen LogP contribution >= 0.6 is 11.6 Å². The van der Waals surface area contributed by atoms with Crippen molar-refractivity contribution in [3.05, 3.63) is 64.2 Å². The van der Waals surface area contributed by atoms with Gasteiger partial charge in [-0.2, -0.15) is 18.3 Å². The molecule has 0 aliphatic rings. The first-order valence-electron chi connectivity index (χ1n) is 9.06. The SMILES string of the molecule is Cc1cnn(C)c1-c1cc(C(=O)N[C@H](CN)Cc2ccccc2C(F)(F)F)oc1Cl. The molecule has 1 amide bonds. The highest BCUT2D eigenvalue weighted by atomic mass is 35.5. The fourth-order valence-corrected chi connectivity index (χ4v) is 3.49. The molecule has 10 heteroatoms. The number of rotatable bonds is 6. The Balaban J connectivity index is 1.80. The number of halogens is 4. The lowest BCUT2D eigenvalue weighted by Crippen LogP contribution is -2.42. The molecule has 0 spiro atoms. The Bertz CT molecular complexity index is 1040. The van der Waals surface area contributed by atoms with Crippen LogP contribution in [0.25, 0.3) is 11.3 Å². The summed E-state index contributed by atoms with van der Waals surface area (Å²) in [6.45, 7) is 1.79. The summed E-state index contributed by atoms with van der Waals surface area (Å²) in [4.78, 5) is 12.6. The molecular formula is C20H20ClF3N4O2. The van der Waals surface area contributed by atoms with Crippen molar-refractivity contribution in [2.24, 2.45) is 12.8 Å². The van der Waals surface area contributed by atoms with Crippen LogP contribution in [-0.4, -0.2) is 28.3 Å². The standard InChI is InChI=1S/C20H20ClF3N4O2/c1-11-10-26-28(2)17(11)14-8-16(30-18(14)21)19(29)27-13(9-25)7-12-5-3-4-6-15(12)20(22,23)24/h3-6,8,10,13H,7,9,25H2,1-2H3,(H,27,29)/t13-/m0/s1. The number of benzene rings is 1. The first-order valence-corrected chi connectivity index (χ1v) is 9.44. The third-order valence-electron chi connectivity index (χ3n) is 4.70. The van der Waals surface area contributed by atoms with Crippen LogP contribution in [0.4, 0.5) is 13.2 Å². The number of hydrogen-bond donors (Lipinski definition) is 2. The molecule has 0 saturated heterocycles. The van der Waals surface area contributed by atoms with E-state index < -0.39 is 23.7 Å². The second kappa shape index (κ2) is 8.53. The number of alkyl halides is 3. The summed E-state index contributed by atoms with van der Waals surface area (Å²) in [6.07, 6.45) is -2.93. The highest BCUT2D eigenvalue weighted by Crippen LogP contribution is 2.34. The Morgan fingerprint density at radius 3 is 2.67 bits per heavy atom. The topological polar surface area (TPSA) is 86.1 Å². The summed E-state index contributed by atoms with van der Waals surface area (Å²) in [5.41, 5.74) is 7.01. The highest BCUT2D eigenvalue weighted by Gasteiger charge is 2.33. The molecule has 0 bridgehead atoms. The average molecular weight is 441 g/mol. The maximum absolute atomic E-state index is 13.2. The summed E-state index contributed by atoms with van der Waals surface area (Å²) in [5, 5.41) is 6.76.